The highest BCUT2D eigenvalue weighted by atomic mass is 35.7. The summed E-state index contributed by atoms with van der Waals surface area (Å²) in [5.74, 6) is 0.319. The van der Waals surface area contributed by atoms with E-state index < -0.39 is 6.95 Å². The van der Waals surface area contributed by atoms with E-state index in [4.69, 9.17) is 19.1 Å². The summed E-state index contributed by atoms with van der Waals surface area (Å²) in [7, 11) is 0. The first kappa shape index (κ1) is 24.7. The van der Waals surface area contributed by atoms with E-state index in [0.29, 0.717) is 5.92 Å². The molecule has 3 N–H and O–H groups in total. The molecule has 0 spiro atoms. The van der Waals surface area contributed by atoms with Crippen LogP contribution in [0.15, 0.2) is 42.5 Å². The number of carbonyl (C=O) groups is 1. The highest BCUT2D eigenvalue weighted by molar-refractivity contribution is 7.79. The van der Waals surface area contributed by atoms with E-state index in [1.54, 1.807) is 0 Å². The SMILES string of the molecule is CC(C)CC(Nc1cccc2ccccc12)C(=O)OC1CCCCC1.O=P(O)(O)Cl. The molecule has 1 saturated carbocycles. The molecular formula is C22H31ClNO5P. The lowest BCUT2D eigenvalue weighted by Crippen LogP contribution is -2.35. The topological polar surface area (TPSA) is 95.9 Å². The molecule has 0 bridgehead atoms. The van der Waals surface area contributed by atoms with Gasteiger partial charge in [0, 0.05) is 22.3 Å². The predicted octanol–water partition coefficient (Wildman–Crippen LogP) is 5.86. The molecule has 0 heterocycles. The van der Waals surface area contributed by atoms with E-state index in [0.717, 1.165) is 30.3 Å². The van der Waals surface area contributed by atoms with Crippen molar-refractivity contribution < 1.29 is 23.9 Å². The molecule has 1 atom stereocenters. The average Bonchev–Trinajstić information content (AvgIpc) is 2.67. The van der Waals surface area contributed by atoms with Gasteiger partial charge in [-0.15, -0.1) is 0 Å². The predicted molar refractivity (Wildman–Crippen MR) is 122 cm³/mol. The van der Waals surface area contributed by atoms with Gasteiger partial charge in [-0.25, -0.2) is 9.36 Å². The van der Waals surface area contributed by atoms with Crippen LogP contribution in [0.3, 0.4) is 0 Å². The minimum absolute atomic E-state index is 0.102. The molecule has 0 radical (unpaired) electrons. The Balaban J connectivity index is 0.000000575. The molecule has 0 aliphatic heterocycles. The van der Waals surface area contributed by atoms with E-state index in [1.807, 2.05) is 24.3 Å². The van der Waals surface area contributed by atoms with Crippen molar-refractivity contribution in [1.82, 2.24) is 0 Å². The lowest BCUT2D eigenvalue weighted by molar-refractivity contribution is -0.151. The summed E-state index contributed by atoms with van der Waals surface area (Å²) in [6.45, 7) is 0.122. The van der Waals surface area contributed by atoms with E-state index in [-0.39, 0.29) is 18.1 Å². The van der Waals surface area contributed by atoms with Crippen LogP contribution in [0.2, 0.25) is 0 Å². The summed E-state index contributed by atoms with van der Waals surface area (Å²) in [4.78, 5) is 27.6. The molecule has 3 rings (SSSR count). The molecule has 30 heavy (non-hydrogen) atoms. The van der Waals surface area contributed by atoms with Gasteiger partial charge in [-0.1, -0.05) is 56.7 Å². The Morgan fingerprint density at radius 3 is 2.37 bits per heavy atom. The minimum atomic E-state index is -4.17. The maximum Gasteiger partial charge on any atom is 0.419 e. The summed E-state index contributed by atoms with van der Waals surface area (Å²) in [5.41, 5.74) is 1.00. The Hall–Kier alpha value is -1.59. The van der Waals surface area contributed by atoms with E-state index in [2.05, 4.69) is 48.6 Å². The quantitative estimate of drug-likeness (QED) is 0.373. The maximum absolute atomic E-state index is 12.8. The number of carbonyl (C=O) groups excluding carboxylic acids is 1. The van der Waals surface area contributed by atoms with Crippen LogP contribution in [0.5, 0.6) is 0 Å². The molecule has 166 valence electrons. The van der Waals surface area contributed by atoms with E-state index in [1.165, 1.54) is 24.6 Å². The van der Waals surface area contributed by atoms with Gasteiger partial charge >= 0.3 is 12.9 Å². The summed E-state index contributed by atoms with van der Waals surface area (Å²) in [6, 6.07) is 14.1. The third-order valence-electron chi connectivity index (χ3n) is 4.95. The highest BCUT2D eigenvalue weighted by Crippen LogP contribution is 2.39. The average molecular weight is 456 g/mol. The van der Waals surface area contributed by atoms with Crippen molar-refractivity contribution in [2.75, 3.05) is 5.32 Å². The zero-order valence-electron chi connectivity index (χ0n) is 17.5. The maximum atomic E-state index is 12.8. The standard InChI is InChI=1S/C22H29NO2.ClH2O3P/c1-16(2)15-21(22(24)25-18-11-4-3-5-12-18)23-20-14-8-10-17-9-6-7-13-19(17)20;1-5(2,3)4/h6-10,13-14,16,18,21,23H,3-5,11-12,15H2,1-2H3;(H2,2,3,4). The normalized spacial score (nSPS) is 15.9. The van der Waals surface area contributed by atoms with Crippen LogP contribution < -0.4 is 5.32 Å². The highest BCUT2D eigenvalue weighted by Gasteiger charge is 2.26. The number of halogens is 1. The van der Waals surface area contributed by atoms with Crippen molar-refractivity contribution in [2.24, 2.45) is 5.92 Å². The van der Waals surface area contributed by atoms with Crippen LogP contribution >= 0.6 is 18.2 Å². The number of anilines is 1. The second-order valence-corrected chi connectivity index (χ2v) is 10.3. The third-order valence-corrected chi connectivity index (χ3v) is 4.95. The molecule has 1 unspecified atom stereocenters. The lowest BCUT2D eigenvalue weighted by atomic mass is 9.97. The first-order valence-corrected chi connectivity index (χ1v) is 12.8. The van der Waals surface area contributed by atoms with Gasteiger partial charge in [0.2, 0.25) is 0 Å². The number of ether oxygens (including phenoxy) is 1. The molecule has 0 aromatic heterocycles. The van der Waals surface area contributed by atoms with Crippen LogP contribution in [0.1, 0.15) is 52.4 Å². The van der Waals surface area contributed by atoms with Crippen molar-refractivity contribution in [3.05, 3.63) is 42.5 Å². The smallest absolute Gasteiger partial charge is 0.419 e. The molecule has 8 heteroatoms. The second kappa shape index (κ2) is 11.7. The van der Waals surface area contributed by atoms with Crippen molar-refractivity contribution >= 4 is 40.6 Å². The first-order chi connectivity index (χ1) is 14.1. The molecule has 6 nitrogen and oxygen atoms in total. The van der Waals surface area contributed by atoms with Gasteiger partial charge in [0.1, 0.15) is 12.1 Å². The van der Waals surface area contributed by atoms with Crippen LogP contribution in [0.4, 0.5) is 5.69 Å². The van der Waals surface area contributed by atoms with Crippen LogP contribution in [0.25, 0.3) is 10.8 Å². The fraction of sp³-hybridized carbons (Fsp3) is 0.500. The van der Waals surface area contributed by atoms with Crippen LogP contribution in [0, 0.1) is 5.92 Å². The number of hydrogen-bond acceptors (Lipinski definition) is 4. The molecule has 0 saturated heterocycles. The van der Waals surface area contributed by atoms with Crippen LogP contribution in [-0.4, -0.2) is 27.9 Å². The Kier molecular flexibility index (Phi) is 9.63. The Labute approximate surface area is 182 Å². The van der Waals surface area contributed by atoms with E-state index in [9.17, 15) is 4.79 Å². The molecule has 1 aliphatic rings. The molecule has 2 aromatic carbocycles. The zero-order valence-corrected chi connectivity index (χ0v) is 19.1. The third kappa shape index (κ3) is 9.05. The fourth-order valence-corrected chi connectivity index (χ4v) is 3.65. The fourth-order valence-electron chi connectivity index (χ4n) is 3.65. The van der Waals surface area contributed by atoms with Gasteiger partial charge < -0.3 is 19.8 Å². The van der Waals surface area contributed by atoms with Gasteiger partial charge in [0.05, 0.1) is 0 Å². The molecule has 1 aliphatic carbocycles. The van der Waals surface area contributed by atoms with Crippen LogP contribution in [-0.2, 0) is 14.1 Å². The van der Waals surface area contributed by atoms with Gasteiger partial charge in [0.15, 0.2) is 0 Å². The molecular weight excluding hydrogens is 425 g/mol. The monoisotopic (exact) mass is 455 g/mol. The van der Waals surface area contributed by atoms with Gasteiger partial charge in [0.25, 0.3) is 0 Å². The number of esters is 1. The Bertz CT molecular complexity index is 850. The van der Waals surface area contributed by atoms with Crippen molar-refractivity contribution in [1.29, 1.82) is 0 Å². The number of rotatable bonds is 6. The largest absolute Gasteiger partial charge is 0.461 e. The number of fused-ring (bicyclic) bond motifs is 1. The Morgan fingerprint density at radius 1 is 1.13 bits per heavy atom. The lowest BCUT2D eigenvalue weighted by Gasteiger charge is -2.26. The first-order valence-electron chi connectivity index (χ1n) is 10.3. The van der Waals surface area contributed by atoms with Crippen molar-refractivity contribution in [2.45, 2.75) is 64.5 Å². The summed E-state index contributed by atoms with van der Waals surface area (Å²) in [5, 5.41) is 5.79. The second-order valence-electron chi connectivity index (χ2n) is 8.02. The Morgan fingerprint density at radius 2 is 1.73 bits per heavy atom. The summed E-state index contributed by atoms with van der Waals surface area (Å²) >= 11 is 4.20. The molecule has 2 aromatic rings. The van der Waals surface area contributed by atoms with Crippen molar-refractivity contribution in [3.63, 3.8) is 0 Å². The van der Waals surface area contributed by atoms with E-state index >= 15 is 0 Å². The molecule has 1 fully saturated rings. The van der Waals surface area contributed by atoms with Crippen molar-refractivity contribution in [3.8, 4) is 0 Å². The zero-order chi connectivity index (χ0) is 22.1. The number of nitrogens with one attached hydrogen (secondary N) is 1. The summed E-state index contributed by atoms with van der Waals surface area (Å²) < 4.78 is 14.9. The minimum Gasteiger partial charge on any atom is -0.461 e. The van der Waals surface area contributed by atoms with Gasteiger partial charge in [-0.3, -0.25) is 0 Å². The summed E-state index contributed by atoms with van der Waals surface area (Å²) in [6.07, 6.45) is 6.49. The molecule has 0 amide bonds. The number of hydrogen-bond donors (Lipinski definition) is 3. The van der Waals surface area contributed by atoms with Gasteiger partial charge in [-0.05, 0) is 49.5 Å². The van der Waals surface area contributed by atoms with Gasteiger partial charge in [-0.2, -0.15) is 0 Å². The number of benzene rings is 2.